The van der Waals surface area contributed by atoms with E-state index in [-0.39, 0.29) is 0 Å². The second kappa shape index (κ2) is 3.09. The molecule has 0 saturated carbocycles. The quantitative estimate of drug-likeness (QED) is 0.613. The first-order valence-electron chi connectivity index (χ1n) is 4.97. The van der Waals surface area contributed by atoms with E-state index in [0.29, 0.717) is 4.83 Å². The fourth-order valence-corrected chi connectivity index (χ4v) is 2.81. The summed E-state index contributed by atoms with van der Waals surface area (Å²) in [7, 11) is 0. The first-order valence-corrected chi connectivity index (χ1v) is 5.89. The van der Waals surface area contributed by atoms with Crippen LogP contribution in [0.3, 0.4) is 0 Å². The zero-order valence-corrected chi connectivity index (χ0v) is 9.42. The minimum atomic E-state index is 0.521. The van der Waals surface area contributed by atoms with Gasteiger partial charge in [-0.1, -0.05) is 52.3 Å². The molecule has 0 spiro atoms. The van der Waals surface area contributed by atoms with Crippen molar-refractivity contribution in [2.45, 2.75) is 17.7 Å². The van der Waals surface area contributed by atoms with Crippen LogP contribution in [-0.2, 0) is 6.42 Å². The molecule has 0 nitrogen and oxygen atoms in total. The van der Waals surface area contributed by atoms with E-state index in [1.807, 2.05) is 0 Å². The highest BCUT2D eigenvalue weighted by Gasteiger charge is 2.23. The van der Waals surface area contributed by atoms with Gasteiger partial charge < -0.3 is 0 Å². The second-order valence-corrected chi connectivity index (χ2v) is 5.09. The number of halogens is 1. The van der Waals surface area contributed by atoms with Crippen molar-refractivity contribution in [1.29, 1.82) is 0 Å². The topological polar surface area (TPSA) is 0 Å². The first kappa shape index (κ1) is 8.49. The number of allylic oxidation sites excluding steroid dienone is 4. The molecule has 1 atom stereocenters. The second-order valence-electron chi connectivity index (χ2n) is 3.92. The smallest absolute Gasteiger partial charge is 0.0369 e. The van der Waals surface area contributed by atoms with E-state index >= 15 is 0 Å². The standard InChI is InChI=1S/C13H11Br/c14-11-6-5-10-7-9-3-1-2-4-12(9)13(10)8-11/h1-6,11H,7-8H2. The lowest BCUT2D eigenvalue weighted by Crippen LogP contribution is -2.00. The fourth-order valence-electron chi connectivity index (χ4n) is 2.34. The largest absolute Gasteiger partial charge is 0.0842 e. The van der Waals surface area contributed by atoms with Crippen molar-refractivity contribution < 1.29 is 0 Å². The molecular weight excluding hydrogens is 236 g/mol. The van der Waals surface area contributed by atoms with Gasteiger partial charge >= 0.3 is 0 Å². The Labute approximate surface area is 92.5 Å². The van der Waals surface area contributed by atoms with Crippen molar-refractivity contribution in [2.24, 2.45) is 0 Å². The number of alkyl halides is 1. The Kier molecular flexibility index (Phi) is 1.88. The molecule has 0 bridgehead atoms. The van der Waals surface area contributed by atoms with Gasteiger partial charge in [0.05, 0.1) is 0 Å². The van der Waals surface area contributed by atoms with Crippen LogP contribution in [0.4, 0.5) is 0 Å². The number of fused-ring (bicyclic) bond motifs is 2. The minimum absolute atomic E-state index is 0.521. The van der Waals surface area contributed by atoms with E-state index < -0.39 is 0 Å². The first-order chi connectivity index (χ1) is 6.84. The van der Waals surface area contributed by atoms with E-state index in [9.17, 15) is 0 Å². The fraction of sp³-hybridized carbons (Fsp3) is 0.231. The molecule has 0 radical (unpaired) electrons. The minimum Gasteiger partial charge on any atom is -0.0842 e. The zero-order chi connectivity index (χ0) is 9.54. The molecule has 1 unspecified atom stereocenters. The molecular formula is C13H11Br. The van der Waals surface area contributed by atoms with Crippen LogP contribution in [0, 0.1) is 0 Å². The molecule has 70 valence electrons. The molecule has 0 heterocycles. The number of benzene rings is 1. The highest BCUT2D eigenvalue weighted by atomic mass is 79.9. The van der Waals surface area contributed by atoms with Gasteiger partial charge in [-0.3, -0.25) is 0 Å². The van der Waals surface area contributed by atoms with Crippen LogP contribution in [0.1, 0.15) is 17.5 Å². The maximum Gasteiger partial charge on any atom is 0.0369 e. The van der Waals surface area contributed by atoms with E-state index in [1.165, 1.54) is 16.7 Å². The molecule has 14 heavy (non-hydrogen) atoms. The summed E-state index contributed by atoms with van der Waals surface area (Å²) < 4.78 is 0. The van der Waals surface area contributed by atoms with Crippen molar-refractivity contribution in [2.75, 3.05) is 0 Å². The van der Waals surface area contributed by atoms with Gasteiger partial charge in [-0.05, 0) is 35.1 Å². The Hall–Kier alpha value is -0.820. The van der Waals surface area contributed by atoms with Crippen molar-refractivity contribution in [1.82, 2.24) is 0 Å². The number of hydrogen-bond donors (Lipinski definition) is 0. The molecule has 2 aliphatic rings. The lowest BCUT2D eigenvalue weighted by molar-refractivity contribution is 1.08. The van der Waals surface area contributed by atoms with Crippen LogP contribution >= 0.6 is 15.9 Å². The Morgan fingerprint density at radius 1 is 1.21 bits per heavy atom. The summed E-state index contributed by atoms with van der Waals surface area (Å²) in [5.74, 6) is 0. The van der Waals surface area contributed by atoms with Gasteiger partial charge in [-0.2, -0.15) is 0 Å². The van der Waals surface area contributed by atoms with Crippen LogP contribution in [0.2, 0.25) is 0 Å². The van der Waals surface area contributed by atoms with Gasteiger partial charge in [-0.25, -0.2) is 0 Å². The number of hydrogen-bond acceptors (Lipinski definition) is 0. The van der Waals surface area contributed by atoms with Gasteiger partial charge in [0.2, 0.25) is 0 Å². The molecule has 0 aliphatic heterocycles. The molecule has 0 fully saturated rings. The van der Waals surface area contributed by atoms with E-state index in [0.717, 1.165) is 12.8 Å². The molecule has 0 saturated heterocycles. The lowest BCUT2D eigenvalue weighted by Gasteiger charge is -2.13. The summed E-state index contributed by atoms with van der Waals surface area (Å²) in [4.78, 5) is 0.521. The molecule has 2 aliphatic carbocycles. The lowest BCUT2D eigenvalue weighted by atomic mass is 9.97. The summed E-state index contributed by atoms with van der Waals surface area (Å²) in [6, 6.07) is 8.75. The van der Waals surface area contributed by atoms with Gasteiger partial charge in [0.25, 0.3) is 0 Å². The Bertz CT molecular complexity index is 440. The molecule has 3 rings (SSSR count). The summed E-state index contributed by atoms with van der Waals surface area (Å²) >= 11 is 3.66. The third-order valence-corrected chi connectivity index (χ3v) is 3.65. The highest BCUT2D eigenvalue weighted by Crippen LogP contribution is 2.39. The monoisotopic (exact) mass is 246 g/mol. The van der Waals surface area contributed by atoms with Crippen molar-refractivity contribution in [3.05, 3.63) is 53.1 Å². The van der Waals surface area contributed by atoms with E-state index in [1.54, 1.807) is 5.57 Å². The van der Waals surface area contributed by atoms with Gasteiger partial charge in [-0.15, -0.1) is 0 Å². The highest BCUT2D eigenvalue weighted by molar-refractivity contribution is 9.09. The number of rotatable bonds is 0. The molecule has 1 aromatic rings. The average molecular weight is 247 g/mol. The Balaban J connectivity index is 2.12. The van der Waals surface area contributed by atoms with Crippen molar-refractivity contribution >= 4 is 21.5 Å². The summed E-state index contributed by atoms with van der Waals surface area (Å²) in [6.45, 7) is 0. The average Bonchev–Trinajstić information content (AvgIpc) is 2.56. The van der Waals surface area contributed by atoms with Gasteiger partial charge in [0.15, 0.2) is 0 Å². The zero-order valence-electron chi connectivity index (χ0n) is 7.83. The van der Waals surface area contributed by atoms with E-state index in [2.05, 4.69) is 52.3 Å². The molecule has 0 aromatic heterocycles. The Morgan fingerprint density at radius 2 is 2.07 bits per heavy atom. The van der Waals surface area contributed by atoms with Gasteiger partial charge in [0, 0.05) is 4.83 Å². The van der Waals surface area contributed by atoms with Crippen LogP contribution < -0.4 is 0 Å². The normalized spacial score (nSPS) is 23.6. The Morgan fingerprint density at radius 3 is 3.00 bits per heavy atom. The molecule has 1 aromatic carbocycles. The van der Waals surface area contributed by atoms with Crippen LogP contribution in [0.25, 0.3) is 5.57 Å². The molecule has 1 heteroatoms. The van der Waals surface area contributed by atoms with Crippen LogP contribution in [-0.4, -0.2) is 4.83 Å². The maximum absolute atomic E-state index is 3.66. The summed E-state index contributed by atoms with van der Waals surface area (Å²) in [5, 5.41) is 0. The predicted molar refractivity (Wildman–Crippen MR) is 63.5 cm³/mol. The SMILES string of the molecule is BrC1C=CC2=C(C1)c1ccccc1C2. The van der Waals surface area contributed by atoms with Gasteiger partial charge in [0.1, 0.15) is 0 Å². The van der Waals surface area contributed by atoms with Crippen LogP contribution in [0.15, 0.2) is 42.0 Å². The summed E-state index contributed by atoms with van der Waals surface area (Å²) in [6.07, 6.45) is 6.80. The summed E-state index contributed by atoms with van der Waals surface area (Å²) in [5.41, 5.74) is 6.02. The molecule has 0 N–H and O–H groups in total. The van der Waals surface area contributed by atoms with E-state index in [4.69, 9.17) is 0 Å². The predicted octanol–water partition coefficient (Wildman–Crippen LogP) is 3.72. The molecule has 0 amide bonds. The maximum atomic E-state index is 3.66. The van der Waals surface area contributed by atoms with Crippen molar-refractivity contribution in [3.63, 3.8) is 0 Å². The third kappa shape index (κ3) is 1.19. The third-order valence-electron chi connectivity index (χ3n) is 3.02. The van der Waals surface area contributed by atoms with Crippen LogP contribution in [0.5, 0.6) is 0 Å². The van der Waals surface area contributed by atoms with Crippen molar-refractivity contribution in [3.8, 4) is 0 Å².